The van der Waals surface area contributed by atoms with Crippen molar-refractivity contribution in [3.63, 3.8) is 0 Å². The molecular weight excluding hydrogens is 526 g/mol. The van der Waals surface area contributed by atoms with E-state index in [-0.39, 0.29) is 36.7 Å². The van der Waals surface area contributed by atoms with Crippen LogP contribution >= 0.6 is 11.6 Å². The Morgan fingerprint density at radius 3 is 2.59 bits per heavy atom. The van der Waals surface area contributed by atoms with Crippen LogP contribution in [-0.2, 0) is 17.9 Å². The predicted molar refractivity (Wildman–Crippen MR) is 142 cm³/mol. The summed E-state index contributed by atoms with van der Waals surface area (Å²) in [5.74, 6) is 0.608. The van der Waals surface area contributed by atoms with Gasteiger partial charge in [-0.25, -0.2) is 4.79 Å². The summed E-state index contributed by atoms with van der Waals surface area (Å²) >= 11 is 6.18. The lowest BCUT2D eigenvalue weighted by Crippen LogP contribution is -2.42. The van der Waals surface area contributed by atoms with Gasteiger partial charge in [-0.3, -0.25) is 18.7 Å². The van der Waals surface area contributed by atoms with Crippen molar-refractivity contribution >= 4 is 34.1 Å². The molecule has 0 bridgehead atoms. The van der Waals surface area contributed by atoms with Crippen LogP contribution in [0.2, 0.25) is 5.02 Å². The van der Waals surface area contributed by atoms with E-state index in [1.54, 1.807) is 25.1 Å². The minimum absolute atomic E-state index is 0.0249. The zero-order valence-corrected chi connectivity index (χ0v) is 21.3. The van der Waals surface area contributed by atoms with Crippen molar-refractivity contribution in [1.82, 2.24) is 19.3 Å². The largest absolute Gasteiger partial charge is 0.454 e. The smallest absolute Gasteiger partial charge is 0.332 e. The van der Waals surface area contributed by atoms with Crippen molar-refractivity contribution in [2.45, 2.75) is 20.0 Å². The molecule has 1 N–H and O–H groups in total. The van der Waals surface area contributed by atoms with Gasteiger partial charge in [-0.1, -0.05) is 53.2 Å². The Kier molecular flexibility index (Phi) is 6.12. The Hall–Kier alpha value is -4.90. The number of anilines is 1. The number of carbonyl (C=O) groups excluding carboxylic acids is 1. The normalized spacial score (nSPS) is 12.2. The number of aromatic nitrogens is 4. The lowest BCUT2D eigenvalue weighted by molar-refractivity contribution is -0.116. The summed E-state index contributed by atoms with van der Waals surface area (Å²) in [5.41, 5.74) is 0.799. The van der Waals surface area contributed by atoms with Crippen molar-refractivity contribution in [1.29, 1.82) is 0 Å². The van der Waals surface area contributed by atoms with Gasteiger partial charge in [0.2, 0.25) is 24.4 Å². The Morgan fingerprint density at radius 2 is 1.79 bits per heavy atom. The highest BCUT2D eigenvalue weighted by atomic mass is 35.5. The molecule has 0 unspecified atom stereocenters. The van der Waals surface area contributed by atoms with E-state index in [0.29, 0.717) is 33.6 Å². The third kappa shape index (κ3) is 4.53. The van der Waals surface area contributed by atoms with Crippen LogP contribution in [0.5, 0.6) is 11.5 Å². The van der Waals surface area contributed by atoms with Gasteiger partial charge in [-0.2, -0.15) is 4.98 Å². The van der Waals surface area contributed by atoms with Gasteiger partial charge in [0.25, 0.3) is 5.56 Å². The van der Waals surface area contributed by atoms with E-state index in [9.17, 15) is 14.4 Å². The van der Waals surface area contributed by atoms with E-state index in [1.807, 2.05) is 30.3 Å². The Balaban J connectivity index is 1.42. The molecule has 1 aliphatic heterocycles. The second-order valence-electron chi connectivity index (χ2n) is 8.82. The molecule has 0 saturated carbocycles. The fourth-order valence-electron chi connectivity index (χ4n) is 4.33. The predicted octanol–water partition coefficient (Wildman–Crippen LogP) is 3.59. The monoisotopic (exact) mass is 545 g/mol. The molecule has 0 radical (unpaired) electrons. The second-order valence-corrected chi connectivity index (χ2v) is 9.23. The van der Waals surface area contributed by atoms with E-state index < -0.39 is 17.2 Å². The Labute approximate surface area is 225 Å². The highest BCUT2D eigenvalue weighted by Crippen LogP contribution is 2.34. The van der Waals surface area contributed by atoms with Crippen molar-refractivity contribution < 1.29 is 18.8 Å². The molecule has 0 fully saturated rings. The number of carbonyl (C=O) groups is 1. The summed E-state index contributed by atoms with van der Waals surface area (Å²) in [6, 6.07) is 17.3. The molecule has 1 aliphatic rings. The third-order valence-corrected chi connectivity index (χ3v) is 6.77. The molecule has 2 aromatic heterocycles. The number of hydrogen-bond acceptors (Lipinski definition) is 8. The number of nitrogens with one attached hydrogen (secondary N) is 1. The van der Waals surface area contributed by atoms with Crippen LogP contribution in [0.1, 0.15) is 11.5 Å². The molecule has 0 spiro atoms. The summed E-state index contributed by atoms with van der Waals surface area (Å²) in [7, 11) is 0. The van der Waals surface area contributed by atoms with Gasteiger partial charge in [0.1, 0.15) is 13.1 Å². The number of fused-ring (bicyclic) bond motifs is 2. The van der Waals surface area contributed by atoms with Crippen LogP contribution in [0, 0.1) is 6.92 Å². The molecule has 0 aliphatic carbocycles. The van der Waals surface area contributed by atoms with Gasteiger partial charge in [-0.15, -0.1) is 0 Å². The molecule has 5 aromatic rings. The number of ether oxygens (including phenoxy) is 2. The first-order chi connectivity index (χ1) is 18.9. The number of hydrogen-bond donors (Lipinski definition) is 1. The molecule has 3 heterocycles. The van der Waals surface area contributed by atoms with Crippen molar-refractivity contribution in [2.75, 3.05) is 12.1 Å². The Bertz CT molecular complexity index is 1860. The highest BCUT2D eigenvalue weighted by Gasteiger charge is 2.23. The lowest BCUT2D eigenvalue weighted by Gasteiger charge is -2.15. The van der Waals surface area contributed by atoms with Crippen LogP contribution in [0.25, 0.3) is 22.3 Å². The maximum Gasteiger partial charge on any atom is 0.332 e. The second kappa shape index (κ2) is 9.76. The van der Waals surface area contributed by atoms with Crippen LogP contribution in [0.15, 0.2) is 74.8 Å². The van der Waals surface area contributed by atoms with Gasteiger partial charge < -0.3 is 19.3 Å². The summed E-state index contributed by atoms with van der Waals surface area (Å²) in [4.78, 5) is 44.6. The van der Waals surface area contributed by atoms with E-state index in [1.165, 1.54) is 16.7 Å². The molecule has 11 nitrogen and oxygen atoms in total. The standard InChI is InChI=1S/C27H20ClN5O6/c1-15-18(28)8-5-9-19(15)29-23(34)12-32-20-11-22-21(37-14-38-22)10-17(20)26(35)33(27(32)36)13-24-30-25(31-39-24)16-6-3-2-4-7-16/h2-11H,12-14H2,1H3,(H,29,34). The maximum absolute atomic E-state index is 13.7. The average Bonchev–Trinajstić information content (AvgIpc) is 3.61. The quantitative estimate of drug-likeness (QED) is 0.342. The van der Waals surface area contributed by atoms with Crippen LogP contribution in [-0.4, -0.2) is 32.0 Å². The fourth-order valence-corrected chi connectivity index (χ4v) is 4.51. The first-order valence-electron chi connectivity index (χ1n) is 11.9. The van der Waals surface area contributed by atoms with Crippen molar-refractivity contribution in [3.8, 4) is 22.9 Å². The first-order valence-corrected chi connectivity index (χ1v) is 12.3. The highest BCUT2D eigenvalue weighted by molar-refractivity contribution is 6.31. The van der Waals surface area contributed by atoms with Crippen molar-refractivity contribution in [3.05, 3.63) is 98.0 Å². The molecule has 1 amide bonds. The molecule has 39 heavy (non-hydrogen) atoms. The molecule has 196 valence electrons. The van der Waals surface area contributed by atoms with Crippen LogP contribution in [0.4, 0.5) is 5.69 Å². The van der Waals surface area contributed by atoms with E-state index >= 15 is 0 Å². The Morgan fingerprint density at radius 1 is 1.03 bits per heavy atom. The number of rotatable bonds is 6. The summed E-state index contributed by atoms with van der Waals surface area (Å²) < 4.78 is 18.4. The number of nitrogens with zero attached hydrogens (tertiary/aromatic N) is 4. The first kappa shape index (κ1) is 24.4. The number of benzene rings is 3. The van der Waals surface area contributed by atoms with Crippen LogP contribution < -0.4 is 26.0 Å². The summed E-state index contributed by atoms with van der Waals surface area (Å²) in [6.45, 7) is 1.06. The van der Waals surface area contributed by atoms with Gasteiger partial charge in [0, 0.05) is 22.3 Å². The number of halogens is 1. The number of amides is 1. The van der Waals surface area contributed by atoms with Gasteiger partial charge in [0.15, 0.2) is 11.5 Å². The summed E-state index contributed by atoms with van der Waals surface area (Å²) in [5, 5.41) is 7.40. The molecule has 3 aromatic carbocycles. The van der Waals surface area contributed by atoms with E-state index in [4.69, 9.17) is 25.6 Å². The molecule has 6 rings (SSSR count). The third-order valence-electron chi connectivity index (χ3n) is 6.36. The van der Waals surface area contributed by atoms with Gasteiger partial charge >= 0.3 is 5.69 Å². The molecule has 0 saturated heterocycles. The minimum Gasteiger partial charge on any atom is -0.454 e. The molecule has 12 heteroatoms. The fraction of sp³-hybridized carbons (Fsp3) is 0.148. The minimum atomic E-state index is -0.733. The zero-order valence-electron chi connectivity index (χ0n) is 20.5. The van der Waals surface area contributed by atoms with Gasteiger partial charge in [-0.05, 0) is 30.7 Å². The average molecular weight is 546 g/mol. The van der Waals surface area contributed by atoms with E-state index in [2.05, 4.69) is 15.5 Å². The summed E-state index contributed by atoms with van der Waals surface area (Å²) in [6.07, 6.45) is 0. The zero-order chi connectivity index (χ0) is 27.1. The topological polar surface area (TPSA) is 130 Å². The van der Waals surface area contributed by atoms with E-state index in [0.717, 1.165) is 10.1 Å². The lowest BCUT2D eigenvalue weighted by atomic mass is 10.2. The van der Waals surface area contributed by atoms with Gasteiger partial charge in [0.05, 0.1) is 10.9 Å². The molecule has 0 atom stereocenters. The van der Waals surface area contributed by atoms with Crippen molar-refractivity contribution in [2.24, 2.45) is 0 Å². The maximum atomic E-state index is 13.7. The SMILES string of the molecule is Cc1c(Cl)cccc1NC(=O)Cn1c(=O)n(Cc2nc(-c3ccccc3)no2)c(=O)c2cc3c(cc21)OCO3. The molecular formula is C27H20ClN5O6. The van der Waals surface area contributed by atoms with Crippen LogP contribution in [0.3, 0.4) is 0 Å².